The van der Waals surface area contributed by atoms with Gasteiger partial charge in [0.05, 0.1) is 16.8 Å². The van der Waals surface area contributed by atoms with Crippen LogP contribution in [0.25, 0.3) is 110 Å². The highest BCUT2D eigenvalue weighted by molar-refractivity contribution is 6.23. The summed E-state index contributed by atoms with van der Waals surface area (Å²) in [6.45, 7) is 0. The Balaban J connectivity index is 0.916. The van der Waals surface area contributed by atoms with Crippen molar-refractivity contribution in [1.29, 1.82) is 0 Å². The van der Waals surface area contributed by atoms with Crippen LogP contribution < -0.4 is 0 Å². The topological polar surface area (TPSA) is 25.8 Å². The molecule has 0 N–H and O–H groups in total. The van der Waals surface area contributed by atoms with Crippen LogP contribution >= 0.6 is 0 Å². The lowest BCUT2D eigenvalue weighted by atomic mass is 9.67. The normalized spacial score (nSPS) is 12.6. The fourth-order valence-electron chi connectivity index (χ4n) is 11.9. The standard InChI is InChI=1S/C69H44N2/c1-4-20-48(21-5-1)68-70-64(44-65(71-68)60-32-18-34-63-67(60)59-31-16-17-33-62(59)69(63,50-23-6-2-7-24-50)51-25-8-3-9-26-51)47-37-35-46(36-38-47)53-41-42-57(56-30-15-14-29-55(53)56)66-54-28-13-11-22-49(54)43-61-52-27-12-10-19-45(52)39-40-58(61)66/h1-44H. The molecule has 0 saturated carbocycles. The highest BCUT2D eigenvalue weighted by atomic mass is 14.9. The third-order valence-corrected chi connectivity index (χ3v) is 15.0. The molecule has 0 aliphatic heterocycles. The smallest absolute Gasteiger partial charge is 0.160 e. The van der Waals surface area contributed by atoms with Crippen LogP contribution in [0.5, 0.6) is 0 Å². The second kappa shape index (κ2) is 16.5. The molecule has 0 unspecified atom stereocenters. The summed E-state index contributed by atoms with van der Waals surface area (Å²) < 4.78 is 0. The number of hydrogen-bond donors (Lipinski definition) is 0. The zero-order chi connectivity index (χ0) is 46.9. The molecule has 13 aromatic rings. The molecule has 2 nitrogen and oxygen atoms in total. The molecule has 2 heteroatoms. The summed E-state index contributed by atoms with van der Waals surface area (Å²) in [7, 11) is 0. The van der Waals surface area contributed by atoms with Crippen molar-refractivity contribution >= 4 is 43.1 Å². The van der Waals surface area contributed by atoms with E-state index in [4.69, 9.17) is 9.97 Å². The molecule has 0 amide bonds. The Morgan fingerprint density at radius 1 is 0.254 bits per heavy atom. The number of hydrogen-bond acceptors (Lipinski definition) is 2. The molecule has 0 atom stereocenters. The van der Waals surface area contributed by atoms with Gasteiger partial charge in [0.1, 0.15) is 0 Å². The van der Waals surface area contributed by atoms with Crippen molar-refractivity contribution in [2.24, 2.45) is 0 Å². The quantitative estimate of drug-likeness (QED) is 0.118. The van der Waals surface area contributed by atoms with Crippen LogP contribution in [0.2, 0.25) is 0 Å². The van der Waals surface area contributed by atoms with Crippen molar-refractivity contribution in [1.82, 2.24) is 9.97 Å². The van der Waals surface area contributed by atoms with Gasteiger partial charge in [-0.05, 0) is 111 Å². The number of rotatable bonds is 7. The third kappa shape index (κ3) is 6.42. The predicted molar refractivity (Wildman–Crippen MR) is 297 cm³/mol. The van der Waals surface area contributed by atoms with Gasteiger partial charge in [-0.3, -0.25) is 0 Å². The van der Waals surface area contributed by atoms with Crippen molar-refractivity contribution in [3.8, 4) is 67.3 Å². The van der Waals surface area contributed by atoms with Crippen LogP contribution in [0.4, 0.5) is 0 Å². The fourth-order valence-corrected chi connectivity index (χ4v) is 11.9. The minimum atomic E-state index is -0.516. The molecule has 0 saturated heterocycles. The summed E-state index contributed by atoms with van der Waals surface area (Å²) in [5, 5.41) is 10.0. The SMILES string of the molecule is c1ccc(-c2nc(-c3ccc(-c4ccc(-c5c6ccccc6cc6c5ccc5ccccc56)c5ccccc45)cc3)cc(-c3cccc4c3-c3ccccc3C4(c3ccccc3)c3ccccc3)n2)cc1. The molecule has 0 spiro atoms. The maximum atomic E-state index is 5.42. The van der Waals surface area contributed by atoms with E-state index in [9.17, 15) is 0 Å². The van der Waals surface area contributed by atoms with Gasteiger partial charge in [-0.15, -0.1) is 0 Å². The Morgan fingerprint density at radius 2 is 0.803 bits per heavy atom. The van der Waals surface area contributed by atoms with E-state index < -0.39 is 5.41 Å². The van der Waals surface area contributed by atoms with Gasteiger partial charge in [0.25, 0.3) is 0 Å². The molecule has 71 heavy (non-hydrogen) atoms. The van der Waals surface area contributed by atoms with E-state index in [-0.39, 0.29) is 0 Å². The molecule has 0 fully saturated rings. The van der Waals surface area contributed by atoms with E-state index in [2.05, 4.69) is 261 Å². The first-order chi connectivity index (χ1) is 35.2. The third-order valence-electron chi connectivity index (χ3n) is 15.0. The van der Waals surface area contributed by atoms with Gasteiger partial charge in [0.2, 0.25) is 0 Å². The van der Waals surface area contributed by atoms with Crippen LogP contribution in [0.15, 0.2) is 267 Å². The minimum absolute atomic E-state index is 0.516. The van der Waals surface area contributed by atoms with Gasteiger partial charge >= 0.3 is 0 Å². The van der Waals surface area contributed by atoms with Gasteiger partial charge < -0.3 is 0 Å². The average Bonchev–Trinajstić information content (AvgIpc) is 3.76. The molecule has 1 aliphatic rings. The minimum Gasteiger partial charge on any atom is -0.228 e. The van der Waals surface area contributed by atoms with Crippen LogP contribution in [-0.2, 0) is 5.41 Å². The largest absolute Gasteiger partial charge is 0.228 e. The van der Waals surface area contributed by atoms with Crippen molar-refractivity contribution in [3.63, 3.8) is 0 Å². The number of nitrogens with zero attached hydrogens (tertiary/aromatic N) is 2. The summed E-state index contributed by atoms with van der Waals surface area (Å²) in [6.07, 6.45) is 0. The van der Waals surface area contributed by atoms with E-state index in [1.807, 2.05) is 6.07 Å². The van der Waals surface area contributed by atoms with Crippen LogP contribution in [0, 0.1) is 0 Å². The molecule has 0 bridgehead atoms. The van der Waals surface area contributed by atoms with E-state index in [0.29, 0.717) is 5.82 Å². The van der Waals surface area contributed by atoms with Crippen molar-refractivity contribution in [2.45, 2.75) is 5.41 Å². The fraction of sp³-hybridized carbons (Fsp3) is 0.0145. The molecule has 14 rings (SSSR count). The first-order valence-electron chi connectivity index (χ1n) is 24.5. The van der Waals surface area contributed by atoms with Crippen LogP contribution in [0.3, 0.4) is 0 Å². The lowest BCUT2D eigenvalue weighted by Gasteiger charge is -2.33. The van der Waals surface area contributed by atoms with E-state index >= 15 is 0 Å². The average molecular weight is 901 g/mol. The maximum Gasteiger partial charge on any atom is 0.160 e. The first kappa shape index (κ1) is 40.8. The van der Waals surface area contributed by atoms with Crippen LogP contribution in [-0.4, -0.2) is 9.97 Å². The Kier molecular flexibility index (Phi) is 9.47. The Bertz CT molecular complexity index is 4160. The molecule has 330 valence electrons. The molecule has 0 radical (unpaired) electrons. The van der Waals surface area contributed by atoms with E-state index in [1.165, 1.54) is 93.2 Å². The molecule has 1 aromatic heterocycles. The first-order valence-corrected chi connectivity index (χ1v) is 24.5. The van der Waals surface area contributed by atoms with Crippen LogP contribution in [0.1, 0.15) is 22.3 Å². The molecule has 12 aromatic carbocycles. The Hall–Kier alpha value is -9.24. The Morgan fingerprint density at radius 3 is 1.55 bits per heavy atom. The summed E-state index contributed by atoms with van der Waals surface area (Å²) in [5.41, 5.74) is 16.6. The summed E-state index contributed by atoms with van der Waals surface area (Å²) in [4.78, 5) is 10.7. The van der Waals surface area contributed by atoms with Gasteiger partial charge in [0.15, 0.2) is 5.82 Å². The van der Waals surface area contributed by atoms with Gasteiger partial charge in [-0.1, -0.05) is 255 Å². The van der Waals surface area contributed by atoms with E-state index in [0.717, 1.165) is 33.6 Å². The highest BCUT2D eigenvalue weighted by Gasteiger charge is 2.46. The van der Waals surface area contributed by atoms with Crippen molar-refractivity contribution in [3.05, 3.63) is 289 Å². The van der Waals surface area contributed by atoms with Crippen molar-refractivity contribution in [2.75, 3.05) is 0 Å². The van der Waals surface area contributed by atoms with Crippen molar-refractivity contribution < 1.29 is 0 Å². The van der Waals surface area contributed by atoms with Gasteiger partial charge in [-0.2, -0.15) is 0 Å². The summed E-state index contributed by atoms with van der Waals surface area (Å²) in [6, 6.07) is 97.2. The maximum absolute atomic E-state index is 5.42. The second-order valence-electron chi connectivity index (χ2n) is 18.7. The number of fused-ring (bicyclic) bond motifs is 8. The highest BCUT2D eigenvalue weighted by Crippen LogP contribution is 2.58. The molecule has 1 aliphatic carbocycles. The van der Waals surface area contributed by atoms with Gasteiger partial charge in [-0.25, -0.2) is 9.97 Å². The predicted octanol–water partition coefficient (Wildman–Crippen LogP) is 17.8. The number of benzene rings is 12. The molecular weight excluding hydrogens is 857 g/mol. The zero-order valence-electron chi connectivity index (χ0n) is 38.8. The lowest BCUT2D eigenvalue weighted by molar-refractivity contribution is 0.768. The Labute approximate surface area is 412 Å². The molecular formula is C69H44N2. The molecule has 1 heterocycles. The lowest BCUT2D eigenvalue weighted by Crippen LogP contribution is -2.28. The zero-order valence-corrected chi connectivity index (χ0v) is 38.8. The summed E-state index contributed by atoms with van der Waals surface area (Å²) in [5.74, 6) is 0.694. The summed E-state index contributed by atoms with van der Waals surface area (Å²) >= 11 is 0. The van der Waals surface area contributed by atoms with Gasteiger partial charge in [0, 0.05) is 16.7 Å². The van der Waals surface area contributed by atoms with E-state index in [1.54, 1.807) is 0 Å². The second-order valence-corrected chi connectivity index (χ2v) is 18.7. The number of aromatic nitrogens is 2. The monoisotopic (exact) mass is 900 g/mol.